The van der Waals surface area contributed by atoms with Crippen LogP contribution in [0.1, 0.15) is 34.5 Å². The first-order chi connectivity index (χ1) is 14.6. The van der Waals surface area contributed by atoms with Crippen LogP contribution >= 0.6 is 0 Å². The molecule has 2 amide bonds. The van der Waals surface area contributed by atoms with Crippen molar-refractivity contribution in [3.8, 4) is 0 Å². The fourth-order valence-corrected chi connectivity index (χ4v) is 4.14. The van der Waals surface area contributed by atoms with Gasteiger partial charge in [-0.3, -0.25) is 5.32 Å². The summed E-state index contributed by atoms with van der Waals surface area (Å²) in [5.74, 6) is 0. The highest BCUT2D eigenvalue weighted by Crippen LogP contribution is 2.26. The second-order valence-corrected chi connectivity index (χ2v) is 7.53. The number of carbonyl (C=O) groups excluding carboxylic acids is 2. The summed E-state index contributed by atoms with van der Waals surface area (Å²) in [6, 6.07) is 15.7. The fourth-order valence-electron chi connectivity index (χ4n) is 4.14. The third-order valence-electron chi connectivity index (χ3n) is 5.51. The predicted molar refractivity (Wildman–Crippen MR) is 111 cm³/mol. The van der Waals surface area contributed by atoms with Crippen LogP contribution in [0.2, 0.25) is 0 Å². The van der Waals surface area contributed by atoms with E-state index in [4.69, 9.17) is 15.2 Å². The number of fused-ring (bicyclic) bond motifs is 2. The highest BCUT2D eigenvalue weighted by Gasteiger charge is 2.28. The lowest BCUT2D eigenvalue weighted by atomic mass is 9.91. The number of rotatable bonds is 5. The first-order valence-corrected chi connectivity index (χ1v) is 10.1. The standard InChI is InChI=1S/C22H26N4O4/c23-21(27)29-12-16-11-15-6-2-3-7-17(15)19(25-16)13-30-22(28)26-20-18-8-4-1-5-14(18)9-10-24-20/h1-8,16,19-20,24-25H,9-13H2,(H2,23,27)(H,26,28)/t16?,19?,20-/m1/s1. The Bertz CT molecular complexity index is 920. The van der Waals surface area contributed by atoms with Gasteiger partial charge in [0.1, 0.15) is 19.4 Å². The Morgan fingerprint density at radius 1 is 1.00 bits per heavy atom. The van der Waals surface area contributed by atoms with Crippen molar-refractivity contribution >= 4 is 12.2 Å². The molecule has 2 unspecified atom stereocenters. The van der Waals surface area contributed by atoms with Gasteiger partial charge in [0.25, 0.3) is 0 Å². The Morgan fingerprint density at radius 2 is 1.73 bits per heavy atom. The van der Waals surface area contributed by atoms with E-state index in [1.54, 1.807) is 0 Å². The molecular weight excluding hydrogens is 384 g/mol. The molecule has 0 spiro atoms. The van der Waals surface area contributed by atoms with Crippen LogP contribution in [0.4, 0.5) is 9.59 Å². The Morgan fingerprint density at radius 3 is 2.53 bits per heavy atom. The largest absolute Gasteiger partial charge is 0.448 e. The van der Waals surface area contributed by atoms with Crippen LogP contribution in [0.5, 0.6) is 0 Å². The fraction of sp³-hybridized carbons (Fsp3) is 0.364. The van der Waals surface area contributed by atoms with Gasteiger partial charge in [0, 0.05) is 12.6 Å². The summed E-state index contributed by atoms with van der Waals surface area (Å²) in [6.07, 6.45) is 0.0726. The quantitative estimate of drug-likeness (QED) is 0.599. The van der Waals surface area contributed by atoms with Gasteiger partial charge >= 0.3 is 12.2 Å². The highest BCUT2D eigenvalue weighted by atomic mass is 16.6. The number of nitrogens with two attached hydrogens (primary N) is 1. The van der Waals surface area contributed by atoms with E-state index in [1.807, 2.05) is 42.5 Å². The molecule has 0 saturated heterocycles. The molecule has 4 rings (SSSR count). The van der Waals surface area contributed by atoms with Gasteiger partial charge in [0.2, 0.25) is 0 Å². The molecule has 2 heterocycles. The highest BCUT2D eigenvalue weighted by molar-refractivity contribution is 5.68. The number of benzene rings is 2. The zero-order valence-electron chi connectivity index (χ0n) is 16.6. The molecule has 0 bridgehead atoms. The average molecular weight is 410 g/mol. The van der Waals surface area contributed by atoms with Crippen LogP contribution in [0.15, 0.2) is 48.5 Å². The summed E-state index contributed by atoms with van der Waals surface area (Å²) in [4.78, 5) is 23.4. The van der Waals surface area contributed by atoms with Crippen molar-refractivity contribution in [1.82, 2.24) is 16.0 Å². The lowest BCUT2D eigenvalue weighted by Gasteiger charge is -2.33. The maximum atomic E-state index is 12.5. The van der Waals surface area contributed by atoms with Gasteiger partial charge in [-0.25, -0.2) is 9.59 Å². The van der Waals surface area contributed by atoms with Crippen molar-refractivity contribution in [3.05, 3.63) is 70.8 Å². The van der Waals surface area contributed by atoms with Gasteiger partial charge in [0.15, 0.2) is 0 Å². The zero-order chi connectivity index (χ0) is 20.9. The van der Waals surface area contributed by atoms with Crippen molar-refractivity contribution in [3.63, 3.8) is 0 Å². The smallest absolute Gasteiger partial charge is 0.408 e. The number of amides is 2. The van der Waals surface area contributed by atoms with E-state index in [-0.39, 0.29) is 31.5 Å². The van der Waals surface area contributed by atoms with Crippen LogP contribution in [-0.4, -0.2) is 38.0 Å². The Balaban J connectivity index is 1.38. The summed E-state index contributed by atoms with van der Waals surface area (Å²) in [6.45, 7) is 1.11. The lowest BCUT2D eigenvalue weighted by Crippen LogP contribution is -2.46. The first-order valence-electron chi connectivity index (χ1n) is 10.1. The third-order valence-corrected chi connectivity index (χ3v) is 5.51. The van der Waals surface area contributed by atoms with Gasteiger partial charge in [-0.05, 0) is 35.1 Å². The Hall–Kier alpha value is -3.10. The van der Waals surface area contributed by atoms with Crippen LogP contribution in [-0.2, 0) is 22.3 Å². The van der Waals surface area contributed by atoms with Gasteiger partial charge in [0.05, 0.1) is 6.04 Å². The molecule has 2 aromatic rings. The van der Waals surface area contributed by atoms with E-state index >= 15 is 0 Å². The number of alkyl carbamates (subject to hydrolysis) is 1. The molecule has 3 atom stereocenters. The number of primary amides is 1. The van der Waals surface area contributed by atoms with E-state index in [0.717, 1.165) is 29.7 Å². The summed E-state index contributed by atoms with van der Waals surface area (Å²) in [5, 5.41) is 9.60. The number of hydrogen-bond acceptors (Lipinski definition) is 6. The number of ether oxygens (including phenoxy) is 2. The molecule has 2 aliphatic heterocycles. The molecule has 0 saturated carbocycles. The van der Waals surface area contributed by atoms with E-state index < -0.39 is 12.2 Å². The molecule has 2 aromatic carbocycles. The predicted octanol–water partition coefficient (Wildman–Crippen LogP) is 1.91. The van der Waals surface area contributed by atoms with Crippen LogP contribution in [0.3, 0.4) is 0 Å². The molecule has 2 aliphatic rings. The van der Waals surface area contributed by atoms with Gasteiger partial charge in [-0.15, -0.1) is 0 Å². The molecule has 30 heavy (non-hydrogen) atoms. The number of hydrogen-bond donors (Lipinski definition) is 4. The maximum Gasteiger partial charge on any atom is 0.408 e. The van der Waals surface area contributed by atoms with Crippen molar-refractivity contribution in [2.75, 3.05) is 19.8 Å². The van der Waals surface area contributed by atoms with E-state index in [2.05, 4.69) is 22.0 Å². The first kappa shape index (κ1) is 20.2. The van der Waals surface area contributed by atoms with E-state index in [1.165, 1.54) is 5.56 Å². The minimum Gasteiger partial charge on any atom is -0.448 e. The van der Waals surface area contributed by atoms with E-state index in [0.29, 0.717) is 6.42 Å². The average Bonchev–Trinajstić information content (AvgIpc) is 2.76. The van der Waals surface area contributed by atoms with Crippen molar-refractivity contribution in [1.29, 1.82) is 0 Å². The van der Waals surface area contributed by atoms with Crippen LogP contribution in [0.25, 0.3) is 0 Å². The molecule has 8 nitrogen and oxygen atoms in total. The molecule has 5 N–H and O–H groups in total. The second-order valence-electron chi connectivity index (χ2n) is 7.53. The van der Waals surface area contributed by atoms with Crippen LogP contribution < -0.4 is 21.7 Å². The second kappa shape index (κ2) is 9.15. The molecule has 8 heteroatoms. The molecule has 0 radical (unpaired) electrons. The summed E-state index contributed by atoms with van der Waals surface area (Å²) < 4.78 is 10.5. The van der Waals surface area contributed by atoms with Crippen molar-refractivity contribution in [2.24, 2.45) is 5.73 Å². The summed E-state index contributed by atoms with van der Waals surface area (Å²) >= 11 is 0. The Labute approximate surface area is 175 Å². The summed E-state index contributed by atoms with van der Waals surface area (Å²) in [5.41, 5.74) is 9.57. The minimum absolute atomic E-state index is 0.101. The van der Waals surface area contributed by atoms with Crippen molar-refractivity contribution < 1.29 is 19.1 Å². The monoisotopic (exact) mass is 410 g/mol. The zero-order valence-corrected chi connectivity index (χ0v) is 16.6. The Kier molecular flexibility index (Phi) is 6.15. The van der Waals surface area contributed by atoms with Crippen LogP contribution in [0, 0.1) is 0 Å². The molecule has 0 aliphatic carbocycles. The topological polar surface area (TPSA) is 115 Å². The molecule has 0 fully saturated rings. The number of nitrogens with one attached hydrogen (secondary N) is 3. The SMILES string of the molecule is NC(=O)OCC1Cc2ccccc2C(COC(=O)N[C@H]2NCCc3ccccc32)N1. The molecular formula is C22H26N4O4. The van der Waals surface area contributed by atoms with Gasteiger partial charge in [-0.1, -0.05) is 48.5 Å². The van der Waals surface area contributed by atoms with Gasteiger partial charge < -0.3 is 25.8 Å². The maximum absolute atomic E-state index is 12.5. The summed E-state index contributed by atoms with van der Waals surface area (Å²) in [7, 11) is 0. The third kappa shape index (κ3) is 4.72. The van der Waals surface area contributed by atoms with Crippen molar-refractivity contribution in [2.45, 2.75) is 31.1 Å². The molecule has 0 aromatic heterocycles. The van der Waals surface area contributed by atoms with Gasteiger partial charge in [-0.2, -0.15) is 0 Å². The minimum atomic E-state index is -0.803. The lowest BCUT2D eigenvalue weighted by molar-refractivity contribution is 0.112. The van der Waals surface area contributed by atoms with E-state index in [9.17, 15) is 9.59 Å². The molecule has 158 valence electrons. The normalized spacial score (nSPS) is 22.3. The number of carbonyl (C=O) groups is 2.